The first-order valence-electron chi connectivity index (χ1n) is 5.44. The number of rotatable bonds is 3. The molecule has 2 aromatic rings. The maximum atomic E-state index is 12.3. The number of H-pyrrole nitrogens is 1. The Morgan fingerprint density at radius 2 is 1.94 bits per heavy atom. The van der Waals surface area contributed by atoms with Crippen LogP contribution in [0.25, 0.3) is 0 Å². The standard InChI is InChI=1S/C13H13ClN2O/c1-8(2)11-10(13(14)16-15-11)12(17)9-6-4-3-5-7-9/h3-8H,1-2H3,(H,15,16). The SMILES string of the molecule is CC(C)c1[nH]nc(Cl)c1C(=O)c1ccccc1. The molecule has 0 atom stereocenters. The number of halogens is 1. The number of aromatic amines is 1. The van der Waals surface area contributed by atoms with Gasteiger partial charge in [0.15, 0.2) is 10.9 Å². The molecule has 17 heavy (non-hydrogen) atoms. The van der Waals surface area contributed by atoms with Crippen LogP contribution < -0.4 is 0 Å². The maximum Gasteiger partial charge on any atom is 0.198 e. The molecule has 1 heterocycles. The third-order valence-electron chi connectivity index (χ3n) is 2.59. The monoisotopic (exact) mass is 248 g/mol. The van der Waals surface area contributed by atoms with Crippen LogP contribution in [0, 0.1) is 0 Å². The minimum atomic E-state index is -0.0898. The van der Waals surface area contributed by atoms with E-state index in [2.05, 4.69) is 10.2 Å². The molecule has 2 rings (SSSR count). The molecular formula is C13H13ClN2O. The predicted octanol–water partition coefficient (Wildman–Crippen LogP) is 3.42. The molecule has 0 radical (unpaired) electrons. The van der Waals surface area contributed by atoms with Crippen molar-refractivity contribution in [2.75, 3.05) is 0 Å². The highest BCUT2D eigenvalue weighted by atomic mass is 35.5. The molecule has 0 aliphatic carbocycles. The van der Waals surface area contributed by atoms with E-state index in [0.29, 0.717) is 11.1 Å². The lowest BCUT2D eigenvalue weighted by atomic mass is 9.99. The molecule has 1 aromatic carbocycles. The summed E-state index contributed by atoms with van der Waals surface area (Å²) >= 11 is 5.97. The van der Waals surface area contributed by atoms with Gasteiger partial charge in [0.25, 0.3) is 0 Å². The average molecular weight is 249 g/mol. The molecule has 4 heteroatoms. The second kappa shape index (κ2) is 4.72. The van der Waals surface area contributed by atoms with Crippen LogP contribution in [0.1, 0.15) is 41.4 Å². The summed E-state index contributed by atoms with van der Waals surface area (Å²) in [4.78, 5) is 12.3. The minimum Gasteiger partial charge on any atom is -0.288 e. The van der Waals surface area contributed by atoms with Crippen LogP contribution in [0.2, 0.25) is 5.15 Å². The molecule has 0 saturated carbocycles. The molecule has 0 bridgehead atoms. The van der Waals surface area contributed by atoms with Gasteiger partial charge in [-0.3, -0.25) is 9.89 Å². The molecule has 1 N–H and O–H groups in total. The summed E-state index contributed by atoms with van der Waals surface area (Å²) in [7, 11) is 0. The number of ketones is 1. The van der Waals surface area contributed by atoms with Crippen molar-refractivity contribution >= 4 is 17.4 Å². The van der Waals surface area contributed by atoms with Gasteiger partial charge in [-0.1, -0.05) is 55.8 Å². The summed E-state index contributed by atoms with van der Waals surface area (Å²) in [5.41, 5.74) is 1.88. The third-order valence-corrected chi connectivity index (χ3v) is 2.86. The lowest BCUT2D eigenvalue weighted by Crippen LogP contribution is -2.05. The Hall–Kier alpha value is -1.61. The molecule has 0 aliphatic rings. The van der Waals surface area contributed by atoms with Gasteiger partial charge in [0.05, 0.1) is 11.3 Å². The molecule has 0 aliphatic heterocycles. The van der Waals surface area contributed by atoms with E-state index in [0.717, 1.165) is 5.69 Å². The van der Waals surface area contributed by atoms with Crippen LogP contribution in [0.4, 0.5) is 0 Å². The highest BCUT2D eigenvalue weighted by molar-refractivity contribution is 6.34. The predicted molar refractivity (Wildman–Crippen MR) is 67.6 cm³/mol. The van der Waals surface area contributed by atoms with Crippen LogP contribution >= 0.6 is 11.6 Å². The molecule has 1 aromatic heterocycles. The van der Waals surface area contributed by atoms with Crippen molar-refractivity contribution in [3.05, 3.63) is 52.3 Å². The lowest BCUT2D eigenvalue weighted by molar-refractivity contribution is 0.103. The summed E-state index contributed by atoms with van der Waals surface area (Å²) in [6.07, 6.45) is 0. The minimum absolute atomic E-state index is 0.0898. The highest BCUT2D eigenvalue weighted by Crippen LogP contribution is 2.25. The normalized spacial score (nSPS) is 10.8. The van der Waals surface area contributed by atoms with Gasteiger partial charge in [-0.15, -0.1) is 0 Å². The van der Waals surface area contributed by atoms with E-state index in [1.54, 1.807) is 12.1 Å². The van der Waals surface area contributed by atoms with Crippen LogP contribution in [0.5, 0.6) is 0 Å². The van der Waals surface area contributed by atoms with Gasteiger partial charge in [0.2, 0.25) is 0 Å². The van der Waals surface area contributed by atoms with Crippen molar-refractivity contribution in [3.63, 3.8) is 0 Å². The quantitative estimate of drug-likeness (QED) is 0.846. The number of nitrogens with one attached hydrogen (secondary N) is 1. The Kier molecular flexibility index (Phi) is 3.29. The molecular weight excluding hydrogens is 236 g/mol. The molecule has 0 amide bonds. The molecule has 88 valence electrons. The van der Waals surface area contributed by atoms with Crippen molar-refractivity contribution in [1.29, 1.82) is 0 Å². The van der Waals surface area contributed by atoms with Crippen molar-refractivity contribution in [1.82, 2.24) is 10.2 Å². The number of nitrogens with zero attached hydrogens (tertiary/aromatic N) is 1. The first kappa shape index (κ1) is 11.9. The fourth-order valence-corrected chi connectivity index (χ4v) is 1.93. The zero-order chi connectivity index (χ0) is 12.4. The number of hydrogen-bond acceptors (Lipinski definition) is 2. The summed E-state index contributed by atoms with van der Waals surface area (Å²) in [5.74, 6) is 0.0886. The smallest absolute Gasteiger partial charge is 0.198 e. The van der Waals surface area contributed by atoms with Gasteiger partial charge in [0, 0.05) is 5.56 Å². The molecule has 0 unspecified atom stereocenters. The molecule has 0 fully saturated rings. The van der Waals surface area contributed by atoms with Crippen molar-refractivity contribution in [3.8, 4) is 0 Å². The Balaban J connectivity index is 2.48. The van der Waals surface area contributed by atoms with Crippen LogP contribution in [0.15, 0.2) is 30.3 Å². The molecule has 0 spiro atoms. The highest BCUT2D eigenvalue weighted by Gasteiger charge is 2.21. The Morgan fingerprint density at radius 3 is 2.53 bits per heavy atom. The van der Waals surface area contributed by atoms with Gasteiger partial charge >= 0.3 is 0 Å². The van der Waals surface area contributed by atoms with Gasteiger partial charge in [-0.2, -0.15) is 5.10 Å². The van der Waals surface area contributed by atoms with Gasteiger partial charge in [0.1, 0.15) is 0 Å². The largest absolute Gasteiger partial charge is 0.288 e. The zero-order valence-corrected chi connectivity index (χ0v) is 10.5. The summed E-state index contributed by atoms with van der Waals surface area (Å²) in [5, 5.41) is 6.96. The number of hydrogen-bond donors (Lipinski definition) is 1. The summed E-state index contributed by atoms with van der Waals surface area (Å²) in [6.45, 7) is 3.98. The second-order valence-corrected chi connectivity index (χ2v) is 4.51. The van der Waals surface area contributed by atoms with E-state index < -0.39 is 0 Å². The van der Waals surface area contributed by atoms with Crippen LogP contribution in [0.3, 0.4) is 0 Å². The van der Waals surface area contributed by atoms with E-state index in [9.17, 15) is 4.79 Å². The summed E-state index contributed by atoms with van der Waals surface area (Å²) < 4.78 is 0. The van der Waals surface area contributed by atoms with Gasteiger partial charge < -0.3 is 0 Å². The van der Waals surface area contributed by atoms with Crippen molar-refractivity contribution in [2.45, 2.75) is 19.8 Å². The fourth-order valence-electron chi connectivity index (χ4n) is 1.70. The summed E-state index contributed by atoms with van der Waals surface area (Å²) in [6, 6.07) is 9.08. The first-order chi connectivity index (χ1) is 8.11. The second-order valence-electron chi connectivity index (χ2n) is 4.15. The van der Waals surface area contributed by atoms with E-state index in [1.807, 2.05) is 32.0 Å². The van der Waals surface area contributed by atoms with E-state index in [4.69, 9.17) is 11.6 Å². The first-order valence-corrected chi connectivity index (χ1v) is 5.82. The van der Waals surface area contributed by atoms with Gasteiger partial charge in [-0.05, 0) is 5.92 Å². The van der Waals surface area contributed by atoms with E-state index in [-0.39, 0.29) is 16.9 Å². The number of benzene rings is 1. The van der Waals surface area contributed by atoms with E-state index in [1.165, 1.54) is 0 Å². The topological polar surface area (TPSA) is 45.8 Å². The lowest BCUT2D eigenvalue weighted by Gasteiger charge is -2.05. The maximum absolute atomic E-state index is 12.3. The fraction of sp³-hybridized carbons (Fsp3) is 0.231. The van der Waals surface area contributed by atoms with Gasteiger partial charge in [-0.25, -0.2) is 0 Å². The Labute approximate surface area is 105 Å². The Bertz CT molecular complexity index is 532. The van der Waals surface area contributed by atoms with Crippen molar-refractivity contribution in [2.24, 2.45) is 0 Å². The number of carbonyl (C=O) groups is 1. The molecule has 3 nitrogen and oxygen atoms in total. The van der Waals surface area contributed by atoms with Crippen LogP contribution in [-0.4, -0.2) is 16.0 Å². The number of carbonyl (C=O) groups excluding carboxylic acids is 1. The number of aromatic nitrogens is 2. The Morgan fingerprint density at radius 1 is 1.29 bits per heavy atom. The molecule has 0 saturated heterocycles. The van der Waals surface area contributed by atoms with Crippen molar-refractivity contribution < 1.29 is 4.79 Å². The third kappa shape index (κ3) is 2.24. The zero-order valence-electron chi connectivity index (χ0n) is 9.70. The van der Waals surface area contributed by atoms with E-state index >= 15 is 0 Å². The average Bonchev–Trinajstić information content (AvgIpc) is 2.71. The van der Waals surface area contributed by atoms with Crippen LogP contribution in [-0.2, 0) is 0 Å².